The maximum absolute atomic E-state index is 4.63. The number of aromatic nitrogens is 1. The van der Waals surface area contributed by atoms with E-state index in [0.717, 1.165) is 18.9 Å². The van der Waals surface area contributed by atoms with Gasteiger partial charge in [-0.1, -0.05) is 20.8 Å². The Morgan fingerprint density at radius 3 is 2.50 bits per heavy atom. The van der Waals surface area contributed by atoms with Crippen LogP contribution in [0.1, 0.15) is 55.6 Å². The van der Waals surface area contributed by atoms with Crippen LogP contribution in [0.2, 0.25) is 0 Å². The molecule has 0 aliphatic carbocycles. The summed E-state index contributed by atoms with van der Waals surface area (Å²) < 4.78 is 0. The summed E-state index contributed by atoms with van der Waals surface area (Å²) in [4.78, 5) is 6.00. The Hall–Kier alpha value is -0.410. The van der Waals surface area contributed by atoms with E-state index in [1.165, 1.54) is 34.8 Å². The van der Waals surface area contributed by atoms with Gasteiger partial charge in [-0.05, 0) is 45.6 Å². The van der Waals surface area contributed by atoms with Gasteiger partial charge in [0.05, 0.1) is 10.7 Å². The zero-order valence-electron chi connectivity index (χ0n) is 12.5. The molecule has 0 saturated carbocycles. The van der Waals surface area contributed by atoms with Crippen LogP contribution < -0.4 is 5.32 Å². The van der Waals surface area contributed by atoms with Crippen molar-refractivity contribution in [3.05, 3.63) is 15.6 Å². The summed E-state index contributed by atoms with van der Waals surface area (Å²) in [6.07, 6.45) is 4.81. The predicted molar refractivity (Wildman–Crippen MR) is 81.4 cm³/mol. The van der Waals surface area contributed by atoms with Crippen LogP contribution in [0.5, 0.6) is 0 Å². The van der Waals surface area contributed by atoms with Crippen molar-refractivity contribution in [1.82, 2.24) is 10.3 Å². The van der Waals surface area contributed by atoms with Crippen LogP contribution in [0.3, 0.4) is 0 Å². The lowest BCUT2D eigenvalue weighted by molar-refractivity contribution is 0.398. The molecule has 18 heavy (non-hydrogen) atoms. The second kappa shape index (κ2) is 7.90. The van der Waals surface area contributed by atoms with E-state index in [1.54, 1.807) is 0 Å². The number of nitrogens with zero attached hydrogens (tertiary/aromatic N) is 1. The lowest BCUT2D eigenvalue weighted by atomic mass is 10.00. The van der Waals surface area contributed by atoms with Crippen LogP contribution in [0.15, 0.2) is 0 Å². The van der Waals surface area contributed by atoms with Gasteiger partial charge in [-0.25, -0.2) is 4.98 Å². The Kier molecular flexibility index (Phi) is 6.87. The zero-order valence-corrected chi connectivity index (χ0v) is 13.4. The smallest absolute Gasteiger partial charge is 0.0931 e. The fraction of sp³-hybridized carbons (Fsp3) is 0.800. The van der Waals surface area contributed by atoms with E-state index >= 15 is 0 Å². The van der Waals surface area contributed by atoms with Crippen LogP contribution in [0, 0.1) is 19.8 Å². The van der Waals surface area contributed by atoms with Crippen LogP contribution in [0.25, 0.3) is 0 Å². The molecule has 0 radical (unpaired) electrons. The molecular weight excluding hydrogens is 240 g/mol. The third kappa shape index (κ3) is 5.49. The van der Waals surface area contributed by atoms with Crippen LogP contribution in [-0.4, -0.2) is 17.6 Å². The van der Waals surface area contributed by atoms with Crippen LogP contribution in [-0.2, 0) is 6.42 Å². The van der Waals surface area contributed by atoms with E-state index in [-0.39, 0.29) is 0 Å². The first-order chi connectivity index (χ1) is 8.52. The quantitative estimate of drug-likeness (QED) is 0.767. The first-order valence-electron chi connectivity index (χ1n) is 7.19. The summed E-state index contributed by atoms with van der Waals surface area (Å²) in [6, 6.07) is 0.648. The summed E-state index contributed by atoms with van der Waals surface area (Å²) in [5.74, 6) is 0.763. The van der Waals surface area contributed by atoms with Crippen molar-refractivity contribution in [3.63, 3.8) is 0 Å². The molecule has 1 rings (SSSR count). The zero-order chi connectivity index (χ0) is 13.5. The normalized spacial score (nSPS) is 13.2. The Labute approximate surface area is 116 Å². The monoisotopic (exact) mass is 268 g/mol. The van der Waals surface area contributed by atoms with Crippen molar-refractivity contribution in [1.29, 1.82) is 0 Å². The van der Waals surface area contributed by atoms with E-state index in [9.17, 15) is 0 Å². The second-order valence-electron chi connectivity index (χ2n) is 5.57. The highest BCUT2D eigenvalue weighted by Gasteiger charge is 2.12. The van der Waals surface area contributed by atoms with Gasteiger partial charge in [0, 0.05) is 17.3 Å². The van der Waals surface area contributed by atoms with Gasteiger partial charge in [-0.2, -0.15) is 0 Å². The fourth-order valence-electron chi connectivity index (χ4n) is 2.16. The first kappa shape index (κ1) is 15.6. The van der Waals surface area contributed by atoms with Crippen molar-refractivity contribution >= 4 is 11.3 Å². The average molecular weight is 268 g/mol. The van der Waals surface area contributed by atoms with Gasteiger partial charge in [0.15, 0.2) is 0 Å². The molecule has 0 fully saturated rings. The molecule has 0 bridgehead atoms. The van der Waals surface area contributed by atoms with Crippen molar-refractivity contribution in [2.24, 2.45) is 5.92 Å². The third-order valence-electron chi connectivity index (χ3n) is 3.22. The van der Waals surface area contributed by atoms with Crippen molar-refractivity contribution in [2.45, 2.75) is 66.3 Å². The minimum atomic E-state index is 0.648. The standard InChI is InChI=1S/C15H28N2S/c1-6-9-16-14(10-11(2)3)7-8-15-17-12(4)13(5)18-15/h11,14,16H,6-10H2,1-5H3. The lowest BCUT2D eigenvalue weighted by Crippen LogP contribution is -2.31. The first-order valence-corrected chi connectivity index (χ1v) is 8.00. The molecular formula is C15H28N2S. The molecule has 1 unspecified atom stereocenters. The molecule has 1 aromatic rings. The van der Waals surface area contributed by atoms with Crippen LogP contribution >= 0.6 is 11.3 Å². The highest BCUT2D eigenvalue weighted by atomic mass is 32.1. The molecule has 1 atom stereocenters. The van der Waals surface area contributed by atoms with Gasteiger partial charge in [-0.3, -0.25) is 0 Å². The molecule has 0 spiro atoms. The SMILES string of the molecule is CCCNC(CCc1nc(C)c(C)s1)CC(C)C. The number of hydrogen-bond donors (Lipinski definition) is 1. The average Bonchev–Trinajstić information content (AvgIpc) is 2.62. The molecule has 104 valence electrons. The summed E-state index contributed by atoms with van der Waals surface area (Å²) >= 11 is 1.86. The van der Waals surface area contributed by atoms with Crippen LogP contribution in [0.4, 0.5) is 0 Å². The number of aryl methyl sites for hydroxylation is 3. The van der Waals surface area contributed by atoms with Gasteiger partial charge in [-0.15, -0.1) is 11.3 Å². The molecule has 1 heterocycles. The molecule has 0 aliphatic heterocycles. The maximum atomic E-state index is 4.63. The van der Waals surface area contributed by atoms with E-state index in [1.807, 2.05) is 11.3 Å². The molecule has 1 N–H and O–H groups in total. The Morgan fingerprint density at radius 1 is 1.28 bits per heavy atom. The summed E-state index contributed by atoms with van der Waals surface area (Å²) in [7, 11) is 0. The number of nitrogens with one attached hydrogen (secondary N) is 1. The van der Waals surface area contributed by atoms with E-state index in [4.69, 9.17) is 0 Å². The predicted octanol–water partition coefficient (Wildman–Crippen LogP) is 4.11. The number of hydrogen-bond acceptors (Lipinski definition) is 3. The van der Waals surface area contributed by atoms with Gasteiger partial charge in [0.2, 0.25) is 0 Å². The fourth-order valence-corrected chi connectivity index (χ4v) is 3.11. The summed E-state index contributed by atoms with van der Waals surface area (Å²) in [6.45, 7) is 12.2. The van der Waals surface area contributed by atoms with E-state index in [2.05, 4.69) is 44.9 Å². The number of rotatable bonds is 8. The molecule has 1 aromatic heterocycles. The molecule has 0 aliphatic rings. The van der Waals surface area contributed by atoms with E-state index in [0.29, 0.717) is 6.04 Å². The Morgan fingerprint density at radius 2 is 2.00 bits per heavy atom. The maximum Gasteiger partial charge on any atom is 0.0931 e. The highest BCUT2D eigenvalue weighted by Crippen LogP contribution is 2.19. The molecule has 0 saturated heterocycles. The lowest BCUT2D eigenvalue weighted by Gasteiger charge is -2.20. The highest BCUT2D eigenvalue weighted by molar-refractivity contribution is 7.11. The van der Waals surface area contributed by atoms with Crippen molar-refractivity contribution < 1.29 is 0 Å². The molecule has 3 heteroatoms. The summed E-state index contributed by atoms with van der Waals surface area (Å²) in [5, 5.41) is 4.97. The molecule has 0 aromatic carbocycles. The second-order valence-corrected chi connectivity index (χ2v) is 6.86. The van der Waals surface area contributed by atoms with Gasteiger partial charge >= 0.3 is 0 Å². The van der Waals surface area contributed by atoms with Gasteiger partial charge < -0.3 is 5.32 Å². The minimum absolute atomic E-state index is 0.648. The van der Waals surface area contributed by atoms with Gasteiger partial charge in [0.1, 0.15) is 0 Å². The number of thiazole rings is 1. The van der Waals surface area contributed by atoms with E-state index < -0.39 is 0 Å². The van der Waals surface area contributed by atoms with Gasteiger partial charge in [0.25, 0.3) is 0 Å². The Bertz CT molecular complexity index is 325. The van der Waals surface area contributed by atoms with Crippen molar-refractivity contribution in [3.8, 4) is 0 Å². The minimum Gasteiger partial charge on any atom is -0.314 e. The molecule has 0 amide bonds. The third-order valence-corrected chi connectivity index (χ3v) is 4.35. The largest absolute Gasteiger partial charge is 0.314 e. The summed E-state index contributed by atoms with van der Waals surface area (Å²) in [5.41, 5.74) is 1.21. The molecule has 2 nitrogen and oxygen atoms in total. The topological polar surface area (TPSA) is 24.9 Å². The Balaban J connectivity index is 2.44. The van der Waals surface area contributed by atoms with Crippen molar-refractivity contribution in [2.75, 3.05) is 6.54 Å².